The predicted molar refractivity (Wildman–Crippen MR) is 76.3 cm³/mol. The van der Waals surface area contributed by atoms with Crippen LogP contribution < -0.4 is 10.3 Å². The molecule has 1 aromatic carbocycles. The van der Waals surface area contributed by atoms with Crippen LogP contribution in [0, 0.1) is 0 Å². The summed E-state index contributed by atoms with van der Waals surface area (Å²) in [6.07, 6.45) is 1.73. The lowest BCUT2D eigenvalue weighted by atomic mass is 10.2. The number of hydrogen-bond donors (Lipinski definition) is 1. The molecule has 4 nitrogen and oxygen atoms in total. The molecule has 0 aliphatic rings. The molecule has 100 valence electrons. The van der Waals surface area contributed by atoms with E-state index in [0.717, 1.165) is 10.0 Å². The minimum Gasteiger partial charge on any atom is -0.492 e. The van der Waals surface area contributed by atoms with E-state index in [1.165, 1.54) is 6.07 Å². The molecule has 0 unspecified atom stereocenters. The Balaban J connectivity index is 1.96. The Morgan fingerprint density at radius 3 is 2.84 bits per heavy atom. The van der Waals surface area contributed by atoms with Crippen molar-refractivity contribution in [2.24, 2.45) is 0 Å². The predicted octanol–water partition coefficient (Wildman–Crippen LogP) is 2.18. The van der Waals surface area contributed by atoms with Gasteiger partial charge in [0.05, 0.1) is 13.2 Å². The first-order chi connectivity index (χ1) is 9.20. The lowest BCUT2D eigenvalue weighted by Crippen LogP contribution is -2.21. The second kappa shape index (κ2) is 6.54. The first-order valence-electron chi connectivity index (χ1n) is 5.88. The summed E-state index contributed by atoms with van der Waals surface area (Å²) in [5.74, 6) is 0.677. The van der Waals surface area contributed by atoms with Gasteiger partial charge in [-0.15, -0.1) is 0 Å². The van der Waals surface area contributed by atoms with Gasteiger partial charge in [0.25, 0.3) is 5.56 Å². The molecule has 0 aliphatic carbocycles. The number of halogens is 1. The summed E-state index contributed by atoms with van der Waals surface area (Å²) < 4.78 is 8.01. The van der Waals surface area contributed by atoms with E-state index in [4.69, 9.17) is 9.84 Å². The maximum absolute atomic E-state index is 11.5. The molecule has 2 aromatic rings. The van der Waals surface area contributed by atoms with E-state index in [9.17, 15) is 4.79 Å². The van der Waals surface area contributed by atoms with Gasteiger partial charge in [0, 0.05) is 16.7 Å². The fourth-order valence-corrected chi connectivity index (χ4v) is 2.04. The monoisotopic (exact) mass is 323 g/mol. The molecule has 0 aliphatic heterocycles. The maximum Gasteiger partial charge on any atom is 0.250 e. The van der Waals surface area contributed by atoms with Crippen molar-refractivity contribution in [3.05, 3.63) is 63.0 Å². The average Bonchev–Trinajstić information content (AvgIpc) is 2.43. The highest BCUT2D eigenvalue weighted by Crippen LogP contribution is 2.22. The zero-order chi connectivity index (χ0) is 13.7. The van der Waals surface area contributed by atoms with Crippen LogP contribution >= 0.6 is 15.9 Å². The van der Waals surface area contributed by atoms with Gasteiger partial charge in [-0.1, -0.05) is 22.0 Å². The Morgan fingerprint density at radius 2 is 2.11 bits per heavy atom. The van der Waals surface area contributed by atoms with Crippen LogP contribution in [0.5, 0.6) is 5.75 Å². The zero-order valence-corrected chi connectivity index (χ0v) is 11.8. The van der Waals surface area contributed by atoms with Crippen molar-refractivity contribution in [1.29, 1.82) is 0 Å². The summed E-state index contributed by atoms with van der Waals surface area (Å²) in [6, 6.07) is 10.5. The maximum atomic E-state index is 11.5. The highest BCUT2D eigenvalue weighted by atomic mass is 79.9. The topological polar surface area (TPSA) is 51.5 Å². The highest BCUT2D eigenvalue weighted by molar-refractivity contribution is 9.10. The Labute approximate surface area is 119 Å². The smallest absolute Gasteiger partial charge is 0.250 e. The van der Waals surface area contributed by atoms with E-state index in [1.54, 1.807) is 22.9 Å². The summed E-state index contributed by atoms with van der Waals surface area (Å²) in [7, 11) is 0. The summed E-state index contributed by atoms with van der Waals surface area (Å²) in [4.78, 5) is 11.5. The largest absolute Gasteiger partial charge is 0.492 e. The molecular weight excluding hydrogens is 310 g/mol. The van der Waals surface area contributed by atoms with E-state index in [-0.39, 0.29) is 12.2 Å². The second-order valence-electron chi connectivity index (χ2n) is 3.99. The minimum absolute atomic E-state index is 0.0436. The minimum atomic E-state index is -0.0457. The fraction of sp³-hybridized carbons (Fsp3) is 0.214. The molecule has 0 fully saturated rings. The van der Waals surface area contributed by atoms with E-state index in [0.29, 0.717) is 18.9 Å². The molecular formula is C14H14BrNO3. The normalized spacial score (nSPS) is 10.4. The van der Waals surface area contributed by atoms with E-state index in [2.05, 4.69) is 15.9 Å². The Hall–Kier alpha value is -1.59. The number of pyridine rings is 1. The van der Waals surface area contributed by atoms with Crippen LogP contribution in [0.1, 0.15) is 5.56 Å². The van der Waals surface area contributed by atoms with Crippen LogP contribution in [0.25, 0.3) is 0 Å². The standard InChI is InChI=1S/C14H14BrNO3/c15-13-5-4-12(9-11(13)10-17)19-8-7-16-6-2-1-3-14(16)18/h1-6,9,17H,7-8,10H2. The van der Waals surface area contributed by atoms with Crippen LogP contribution in [0.4, 0.5) is 0 Å². The number of benzene rings is 1. The average molecular weight is 324 g/mol. The fourth-order valence-electron chi connectivity index (χ4n) is 1.67. The van der Waals surface area contributed by atoms with Crippen molar-refractivity contribution in [3.8, 4) is 5.75 Å². The number of nitrogens with zero attached hydrogens (tertiary/aromatic N) is 1. The first-order valence-corrected chi connectivity index (χ1v) is 6.67. The summed E-state index contributed by atoms with van der Waals surface area (Å²) in [5.41, 5.74) is 0.729. The third-order valence-corrected chi connectivity index (χ3v) is 3.46. The van der Waals surface area contributed by atoms with Gasteiger partial charge in [0.15, 0.2) is 0 Å². The molecule has 0 amide bonds. The molecule has 0 radical (unpaired) electrons. The van der Waals surface area contributed by atoms with Gasteiger partial charge in [-0.3, -0.25) is 4.79 Å². The van der Waals surface area contributed by atoms with E-state index < -0.39 is 0 Å². The van der Waals surface area contributed by atoms with Gasteiger partial charge < -0.3 is 14.4 Å². The van der Waals surface area contributed by atoms with Gasteiger partial charge in [0.2, 0.25) is 0 Å². The van der Waals surface area contributed by atoms with Gasteiger partial charge in [-0.25, -0.2) is 0 Å². The molecule has 0 saturated heterocycles. The van der Waals surface area contributed by atoms with E-state index >= 15 is 0 Å². The summed E-state index contributed by atoms with van der Waals surface area (Å²) in [5, 5.41) is 9.15. The zero-order valence-electron chi connectivity index (χ0n) is 10.3. The molecule has 0 saturated carbocycles. The number of aliphatic hydroxyl groups excluding tert-OH is 1. The van der Waals surface area contributed by atoms with Crippen LogP contribution in [0.3, 0.4) is 0 Å². The van der Waals surface area contributed by atoms with Gasteiger partial charge in [-0.2, -0.15) is 0 Å². The van der Waals surface area contributed by atoms with Crippen LogP contribution in [-0.2, 0) is 13.2 Å². The lowest BCUT2D eigenvalue weighted by molar-refractivity contribution is 0.276. The SMILES string of the molecule is O=c1ccccn1CCOc1ccc(Br)c(CO)c1. The van der Waals surface area contributed by atoms with Crippen molar-refractivity contribution in [2.75, 3.05) is 6.61 Å². The van der Waals surface area contributed by atoms with Gasteiger partial charge in [0.1, 0.15) is 12.4 Å². The number of aliphatic hydroxyl groups is 1. The number of aromatic nitrogens is 1. The summed E-state index contributed by atoms with van der Waals surface area (Å²) >= 11 is 3.34. The van der Waals surface area contributed by atoms with Crippen LogP contribution in [0.15, 0.2) is 51.9 Å². The number of hydrogen-bond acceptors (Lipinski definition) is 3. The number of rotatable bonds is 5. The van der Waals surface area contributed by atoms with Crippen LogP contribution in [-0.4, -0.2) is 16.3 Å². The van der Waals surface area contributed by atoms with Gasteiger partial charge >= 0.3 is 0 Å². The molecule has 1 heterocycles. The second-order valence-corrected chi connectivity index (χ2v) is 4.85. The van der Waals surface area contributed by atoms with Crippen molar-refractivity contribution < 1.29 is 9.84 Å². The lowest BCUT2D eigenvalue weighted by Gasteiger charge is -2.09. The van der Waals surface area contributed by atoms with Crippen molar-refractivity contribution >= 4 is 15.9 Å². The molecule has 1 aromatic heterocycles. The summed E-state index contributed by atoms with van der Waals surface area (Å²) in [6.45, 7) is 0.844. The third-order valence-electron chi connectivity index (χ3n) is 2.69. The van der Waals surface area contributed by atoms with Gasteiger partial charge in [-0.05, 0) is 29.8 Å². The molecule has 2 rings (SSSR count). The quantitative estimate of drug-likeness (QED) is 0.917. The molecule has 1 N–H and O–H groups in total. The van der Waals surface area contributed by atoms with Crippen molar-refractivity contribution in [1.82, 2.24) is 4.57 Å². The number of ether oxygens (including phenoxy) is 1. The molecule has 0 atom stereocenters. The third kappa shape index (κ3) is 3.68. The Morgan fingerprint density at radius 1 is 1.26 bits per heavy atom. The van der Waals surface area contributed by atoms with Crippen molar-refractivity contribution in [3.63, 3.8) is 0 Å². The molecule has 5 heteroatoms. The first kappa shape index (κ1) is 13.8. The molecule has 0 spiro atoms. The van der Waals surface area contributed by atoms with Crippen molar-refractivity contribution in [2.45, 2.75) is 13.2 Å². The van der Waals surface area contributed by atoms with E-state index in [1.807, 2.05) is 18.2 Å². The highest BCUT2D eigenvalue weighted by Gasteiger charge is 2.02. The Bertz CT molecular complexity index is 610. The van der Waals surface area contributed by atoms with Crippen LogP contribution in [0.2, 0.25) is 0 Å². The molecule has 0 bridgehead atoms. The molecule has 19 heavy (non-hydrogen) atoms. The Kier molecular flexibility index (Phi) is 4.76.